The lowest BCUT2D eigenvalue weighted by Crippen LogP contribution is -2.07. The molecule has 1 heterocycles. The van der Waals surface area contributed by atoms with Gasteiger partial charge in [0.1, 0.15) is 0 Å². The second-order valence-corrected chi connectivity index (χ2v) is 3.41. The Morgan fingerprint density at radius 3 is 2.54 bits per heavy atom. The minimum Gasteiger partial charge on any atom is -0.259 e. The molecule has 0 radical (unpaired) electrons. The van der Waals surface area contributed by atoms with Crippen molar-refractivity contribution in [1.82, 2.24) is 4.98 Å². The zero-order valence-corrected chi connectivity index (χ0v) is 8.54. The maximum atomic E-state index is 12.3. The van der Waals surface area contributed by atoms with Crippen molar-refractivity contribution in [3.63, 3.8) is 0 Å². The molecule has 0 saturated heterocycles. The van der Waals surface area contributed by atoms with E-state index in [1.807, 2.05) is 0 Å². The van der Waals surface area contributed by atoms with Gasteiger partial charge in [0.2, 0.25) is 0 Å². The Hall–Kier alpha value is -0.290. The van der Waals surface area contributed by atoms with Gasteiger partial charge in [-0.25, -0.2) is 0 Å². The third-order valence-electron chi connectivity index (χ3n) is 1.35. The van der Waals surface area contributed by atoms with E-state index >= 15 is 0 Å². The van der Waals surface area contributed by atoms with Crippen LogP contribution in [0.15, 0.2) is 16.7 Å². The van der Waals surface area contributed by atoms with Crippen LogP contribution in [0.1, 0.15) is 11.3 Å². The van der Waals surface area contributed by atoms with Gasteiger partial charge in [-0.3, -0.25) is 4.98 Å². The Bertz CT molecular complexity index is 313. The number of nitrogens with zero attached hydrogens (tertiary/aromatic N) is 1. The molecule has 72 valence electrons. The highest BCUT2D eigenvalue weighted by atomic mass is 79.9. The molecule has 0 spiro atoms. The number of pyridine rings is 1. The molecule has 1 rings (SSSR count). The van der Waals surface area contributed by atoms with Gasteiger partial charge in [-0.15, -0.1) is 11.6 Å². The first-order valence-electron chi connectivity index (χ1n) is 3.22. The topological polar surface area (TPSA) is 12.9 Å². The van der Waals surface area contributed by atoms with Gasteiger partial charge in [0.15, 0.2) is 0 Å². The molecule has 0 N–H and O–H groups in total. The Labute approximate surface area is 86.0 Å². The van der Waals surface area contributed by atoms with Crippen LogP contribution in [-0.2, 0) is 12.1 Å². The van der Waals surface area contributed by atoms with Crippen LogP contribution < -0.4 is 0 Å². The largest absolute Gasteiger partial charge is 0.417 e. The monoisotopic (exact) mass is 273 g/mol. The molecule has 1 aromatic rings. The quantitative estimate of drug-likeness (QED) is 0.713. The third-order valence-corrected chi connectivity index (χ3v) is 2.26. The molecular weight excluding hydrogens is 270 g/mol. The number of halogens is 5. The summed E-state index contributed by atoms with van der Waals surface area (Å²) in [6.45, 7) is 0. The highest BCUT2D eigenvalue weighted by molar-refractivity contribution is 9.10. The van der Waals surface area contributed by atoms with Gasteiger partial charge in [0.05, 0.1) is 17.1 Å². The summed E-state index contributed by atoms with van der Waals surface area (Å²) in [5, 5.41) is 0. The van der Waals surface area contributed by atoms with E-state index in [4.69, 9.17) is 11.6 Å². The molecule has 0 aliphatic rings. The standard InChI is InChI=1S/C7H4BrClF3N/c8-6-3-13-4(2-9)1-5(6)7(10,11)12/h1,3H,2H2. The molecular formula is C7H4BrClF3N. The SMILES string of the molecule is FC(F)(F)c1cc(CCl)ncc1Br. The fourth-order valence-corrected chi connectivity index (χ4v) is 1.36. The Morgan fingerprint density at radius 1 is 1.46 bits per heavy atom. The first-order chi connectivity index (χ1) is 5.95. The predicted octanol–water partition coefficient (Wildman–Crippen LogP) is 3.60. The van der Waals surface area contributed by atoms with E-state index in [9.17, 15) is 13.2 Å². The average Bonchev–Trinajstić information content (AvgIpc) is 2.03. The predicted molar refractivity (Wildman–Crippen MR) is 46.5 cm³/mol. The summed E-state index contributed by atoms with van der Waals surface area (Å²) in [5.74, 6) is -0.0314. The Morgan fingerprint density at radius 2 is 2.08 bits per heavy atom. The van der Waals surface area contributed by atoms with Crippen LogP contribution in [0.4, 0.5) is 13.2 Å². The molecule has 0 aliphatic heterocycles. The summed E-state index contributed by atoms with van der Waals surface area (Å²) < 4.78 is 36.7. The number of aromatic nitrogens is 1. The zero-order chi connectivity index (χ0) is 10.1. The van der Waals surface area contributed by atoms with Crippen LogP contribution in [0.5, 0.6) is 0 Å². The Kier molecular flexibility index (Phi) is 3.18. The van der Waals surface area contributed by atoms with E-state index in [1.165, 1.54) is 0 Å². The van der Waals surface area contributed by atoms with Crippen LogP contribution in [0.3, 0.4) is 0 Å². The first-order valence-corrected chi connectivity index (χ1v) is 4.55. The number of rotatable bonds is 1. The summed E-state index contributed by atoms with van der Waals surface area (Å²) in [6, 6.07) is 0.928. The summed E-state index contributed by atoms with van der Waals surface area (Å²) in [5.41, 5.74) is -0.546. The molecule has 0 fully saturated rings. The molecule has 0 aromatic carbocycles. The van der Waals surface area contributed by atoms with Crippen LogP contribution in [0.2, 0.25) is 0 Å². The smallest absolute Gasteiger partial charge is 0.259 e. The molecule has 0 saturated carbocycles. The van der Waals surface area contributed by atoms with Gasteiger partial charge in [-0.1, -0.05) is 0 Å². The summed E-state index contributed by atoms with van der Waals surface area (Å²) >= 11 is 8.13. The maximum absolute atomic E-state index is 12.3. The highest BCUT2D eigenvalue weighted by Crippen LogP contribution is 2.34. The summed E-state index contributed by atoms with van der Waals surface area (Å²) in [7, 11) is 0. The lowest BCUT2D eigenvalue weighted by atomic mass is 10.2. The zero-order valence-electron chi connectivity index (χ0n) is 6.20. The lowest BCUT2D eigenvalue weighted by molar-refractivity contribution is -0.138. The Balaban J connectivity index is 3.19. The maximum Gasteiger partial charge on any atom is 0.417 e. The first kappa shape index (κ1) is 10.8. The van der Waals surface area contributed by atoms with Crippen molar-refractivity contribution in [2.24, 2.45) is 0 Å². The van der Waals surface area contributed by atoms with E-state index < -0.39 is 11.7 Å². The van der Waals surface area contributed by atoms with Crippen LogP contribution in [0, 0.1) is 0 Å². The minimum absolute atomic E-state index is 0.0314. The van der Waals surface area contributed by atoms with Gasteiger partial charge in [-0.2, -0.15) is 13.2 Å². The van der Waals surface area contributed by atoms with Crippen LogP contribution >= 0.6 is 27.5 Å². The van der Waals surface area contributed by atoms with Crippen molar-refractivity contribution >= 4 is 27.5 Å². The molecule has 6 heteroatoms. The van der Waals surface area contributed by atoms with Crippen LogP contribution in [-0.4, -0.2) is 4.98 Å². The van der Waals surface area contributed by atoms with Crippen molar-refractivity contribution in [2.75, 3.05) is 0 Å². The van der Waals surface area contributed by atoms with Crippen molar-refractivity contribution in [2.45, 2.75) is 12.1 Å². The molecule has 0 atom stereocenters. The fraction of sp³-hybridized carbons (Fsp3) is 0.286. The van der Waals surface area contributed by atoms with Gasteiger partial charge in [0, 0.05) is 10.7 Å². The van der Waals surface area contributed by atoms with E-state index in [-0.39, 0.29) is 16.0 Å². The van der Waals surface area contributed by atoms with Gasteiger partial charge in [-0.05, 0) is 22.0 Å². The molecule has 0 unspecified atom stereocenters. The molecule has 0 aliphatic carbocycles. The molecule has 13 heavy (non-hydrogen) atoms. The summed E-state index contributed by atoms with van der Waals surface area (Å²) in [4.78, 5) is 3.69. The van der Waals surface area contributed by atoms with Crippen LogP contribution in [0.25, 0.3) is 0 Å². The van der Waals surface area contributed by atoms with Gasteiger partial charge >= 0.3 is 6.18 Å². The molecule has 1 aromatic heterocycles. The summed E-state index contributed by atoms with van der Waals surface area (Å²) in [6.07, 6.45) is -3.27. The second kappa shape index (κ2) is 3.84. The van der Waals surface area contributed by atoms with E-state index in [2.05, 4.69) is 20.9 Å². The van der Waals surface area contributed by atoms with Crippen molar-refractivity contribution in [3.05, 3.63) is 28.0 Å². The lowest BCUT2D eigenvalue weighted by Gasteiger charge is -2.09. The minimum atomic E-state index is -4.37. The molecule has 0 bridgehead atoms. The number of hydrogen-bond donors (Lipinski definition) is 0. The highest BCUT2D eigenvalue weighted by Gasteiger charge is 2.33. The van der Waals surface area contributed by atoms with E-state index in [0.29, 0.717) is 0 Å². The van der Waals surface area contributed by atoms with E-state index in [1.54, 1.807) is 0 Å². The van der Waals surface area contributed by atoms with Gasteiger partial charge in [0.25, 0.3) is 0 Å². The van der Waals surface area contributed by atoms with E-state index in [0.717, 1.165) is 12.3 Å². The van der Waals surface area contributed by atoms with Gasteiger partial charge < -0.3 is 0 Å². The second-order valence-electron chi connectivity index (χ2n) is 2.29. The fourth-order valence-electron chi connectivity index (χ4n) is 0.772. The number of alkyl halides is 4. The average molecular weight is 274 g/mol. The molecule has 0 amide bonds. The van der Waals surface area contributed by atoms with Crippen molar-refractivity contribution in [1.29, 1.82) is 0 Å². The normalized spacial score (nSPS) is 11.8. The third kappa shape index (κ3) is 2.57. The van der Waals surface area contributed by atoms with Crippen molar-refractivity contribution < 1.29 is 13.2 Å². The number of hydrogen-bond acceptors (Lipinski definition) is 1. The molecule has 1 nitrogen and oxygen atoms in total. The van der Waals surface area contributed by atoms with Crippen molar-refractivity contribution in [3.8, 4) is 0 Å².